The van der Waals surface area contributed by atoms with Gasteiger partial charge in [-0.15, -0.1) is 5.10 Å². The fourth-order valence-electron chi connectivity index (χ4n) is 2.76. The first-order valence-corrected chi connectivity index (χ1v) is 8.99. The first kappa shape index (κ1) is 18.1. The summed E-state index contributed by atoms with van der Waals surface area (Å²) in [4.78, 5) is 12.7. The van der Waals surface area contributed by atoms with Gasteiger partial charge in [0.2, 0.25) is 0 Å². The van der Waals surface area contributed by atoms with E-state index < -0.39 is 0 Å². The lowest BCUT2D eigenvalue weighted by Crippen LogP contribution is -2.16. The van der Waals surface area contributed by atoms with E-state index in [9.17, 15) is 4.79 Å². The van der Waals surface area contributed by atoms with E-state index in [0.29, 0.717) is 10.7 Å². The quantitative estimate of drug-likeness (QED) is 0.699. The molecule has 1 amide bonds. The second-order valence-corrected chi connectivity index (χ2v) is 6.81. The van der Waals surface area contributed by atoms with Crippen LogP contribution in [0.3, 0.4) is 0 Å². The normalized spacial score (nSPS) is 11.0. The summed E-state index contributed by atoms with van der Waals surface area (Å²) in [7, 11) is 0. The largest absolute Gasteiger partial charge is 0.321 e. The van der Waals surface area contributed by atoms with Crippen LogP contribution in [0.1, 0.15) is 48.4 Å². The van der Waals surface area contributed by atoms with Crippen molar-refractivity contribution < 1.29 is 4.79 Å². The van der Waals surface area contributed by atoms with Gasteiger partial charge in [-0.25, -0.2) is 4.68 Å². The van der Waals surface area contributed by atoms with E-state index >= 15 is 0 Å². The van der Waals surface area contributed by atoms with Crippen molar-refractivity contribution in [2.45, 2.75) is 33.1 Å². The highest BCUT2D eigenvalue weighted by Gasteiger charge is 2.23. The average molecular weight is 369 g/mol. The van der Waals surface area contributed by atoms with Crippen molar-refractivity contribution in [2.24, 2.45) is 0 Å². The van der Waals surface area contributed by atoms with Gasteiger partial charge in [0.05, 0.1) is 11.4 Å². The molecule has 1 aromatic heterocycles. The summed E-state index contributed by atoms with van der Waals surface area (Å²) in [5, 5.41) is 11.9. The highest BCUT2D eigenvalue weighted by Crippen LogP contribution is 2.23. The van der Waals surface area contributed by atoms with Crippen molar-refractivity contribution in [1.29, 1.82) is 0 Å². The molecule has 3 aromatic rings. The zero-order valence-electron chi connectivity index (χ0n) is 15.0. The number of nitrogens with zero attached hydrogens (tertiary/aromatic N) is 3. The third-order valence-corrected chi connectivity index (χ3v) is 4.41. The molecule has 1 heterocycles. The molecule has 0 aliphatic carbocycles. The highest BCUT2D eigenvalue weighted by atomic mass is 35.5. The van der Waals surface area contributed by atoms with Gasteiger partial charge in [0.25, 0.3) is 5.91 Å². The molecular formula is C20H21ClN4O. The number of rotatable bonds is 5. The Balaban J connectivity index is 1.91. The standard InChI is InChI=1S/C20H21ClN4O/c1-4-14-5-9-16(10-6-14)22-20(26)18-19(13(2)3)25(24-23-18)17-11-7-15(21)8-12-17/h5-13H,4H2,1-3H3,(H,22,26). The van der Waals surface area contributed by atoms with Crippen LogP contribution in [0.5, 0.6) is 0 Å². The Hall–Kier alpha value is -2.66. The number of amides is 1. The number of aryl methyl sites for hydroxylation is 1. The minimum Gasteiger partial charge on any atom is -0.321 e. The number of nitrogens with one attached hydrogen (secondary N) is 1. The van der Waals surface area contributed by atoms with Crippen molar-refractivity contribution in [3.05, 3.63) is 70.5 Å². The van der Waals surface area contributed by atoms with Gasteiger partial charge in [0.1, 0.15) is 0 Å². The van der Waals surface area contributed by atoms with Crippen LogP contribution in [0, 0.1) is 0 Å². The molecule has 1 N–H and O–H groups in total. The van der Waals surface area contributed by atoms with Crippen LogP contribution in [-0.4, -0.2) is 20.9 Å². The number of carbonyl (C=O) groups is 1. The molecule has 26 heavy (non-hydrogen) atoms. The van der Waals surface area contributed by atoms with E-state index in [1.807, 2.05) is 50.2 Å². The molecule has 0 atom stereocenters. The fourth-order valence-corrected chi connectivity index (χ4v) is 2.88. The maximum absolute atomic E-state index is 12.7. The predicted octanol–water partition coefficient (Wildman–Crippen LogP) is 4.86. The maximum atomic E-state index is 12.7. The molecule has 5 nitrogen and oxygen atoms in total. The third-order valence-electron chi connectivity index (χ3n) is 4.16. The molecule has 0 saturated heterocycles. The molecule has 2 aromatic carbocycles. The summed E-state index contributed by atoms with van der Waals surface area (Å²) in [6.07, 6.45) is 0.959. The van der Waals surface area contributed by atoms with Crippen molar-refractivity contribution in [3.8, 4) is 5.69 Å². The van der Waals surface area contributed by atoms with Crippen LogP contribution in [-0.2, 0) is 6.42 Å². The first-order valence-electron chi connectivity index (χ1n) is 8.61. The van der Waals surface area contributed by atoms with Crippen LogP contribution < -0.4 is 5.32 Å². The molecule has 6 heteroatoms. The lowest BCUT2D eigenvalue weighted by atomic mass is 10.1. The molecule has 134 valence electrons. The topological polar surface area (TPSA) is 59.8 Å². The second-order valence-electron chi connectivity index (χ2n) is 6.37. The van der Waals surface area contributed by atoms with Gasteiger partial charge in [-0.3, -0.25) is 4.79 Å². The summed E-state index contributed by atoms with van der Waals surface area (Å²) in [6.45, 7) is 6.12. The van der Waals surface area contributed by atoms with Crippen LogP contribution >= 0.6 is 11.6 Å². The minimum atomic E-state index is -0.266. The Morgan fingerprint density at radius 1 is 1.12 bits per heavy atom. The van der Waals surface area contributed by atoms with E-state index in [2.05, 4.69) is 22.6 Å². The zero-order chi connectivity index (χ0) is 18.7. The number of hydrogen-bond donors (Lipinski definition) is 1. The fraction of sp³-hybridized carbons (Fsp3) is 0.250. The van der Waals surface area contributed by atoms with Gasteiger partial charge in [0.15, 0.2) is 5.69 Å². The maximum Gasteiger partial charge on any atom is 0.278 e. The van der Waals surface area contributed by atoms with Crippen molar-refractivity contribution >= 4 is 23.2 Å². The van der Waals surface area contributed by atoms with Crippen molar-refractivity contribution in [3.63, 3.8) is 0 Å². The summed E-state index contributed by atoms with van der Waals surface area (Å²) in [5.41, 5.74) is 3.86. The number of carbonyl (C=O) groups excluding carboxylic acids is 1. The monoisotopic (exact) mass is 368 g/mol. The molecule has 0 fully saturated rings. The first-order chi connectivity index (χ1) is 12.5. The Kier molecular flexibility index (Phi) is 5.38. The minimum absolute atomic E-state index is 0.0731. The van der Waals surface area contributed by atoms with E-state index in [4.69, 9.17) is 11.6 Å². The van der Waals surface area contributed by atoms with Gasteiger partial charge in [-0.2, -0.15) is 0 Å². The van der Waals surface area contributed by atoms with Crippen molar-refractivity contribution in [2.75, 3.05) is 5.32 Å². The van der Waals surface area contributed by atoms with Crippen LogP contribution in [0.4, 0.5) is 5.69 Å². The molecular weight excluding hydrogens is 348 g/mol. The van der Waals surface area contributed by atoms with E-state index in [1.54, 1.807) is 16.8 Å². The Morgan fingerprint density at radius 3 is 2.35 bits per heavy atom. The number of hydrogen-bond acceptors (Lipinski definition) is 3. The van der Waals surface area contributed by atoms with Crippen LogP contribution in [0.2, 0.25) is 5.02 Å². The molecule has 0 radical (unpaired) electrons. The number of aromatic nitrogens is 3. The third kappa shape index (κ3) is 3.78. The Bertz CT molecular complexity index is 899. The zero-order valence-corrected chi connectivity index (χ0v) is 15.8. The lowest BCUT2D eigenvalue weighted by Gasteiger charge is -2.11. The number of anilines is 1. The summed E-state index contributed by atoms with van der Waals surface area (Å²) < 4.78 is 1.69. The Morgan fingerprint density at radius 2 is 1.77 bits per heavy atom. The molecule has 0 saturated carbocycles. The lowest BCUT2D eigenvalue weighted by molar-refractivity contribution is 0.102. The number of benzene rings is 2. The molecule has 0 aliphatic heterocycles. The van der Waals surface area contributed by atoms with Gasteiger partial charge >= 0.3 is 0 Å². The van der Waals surface area contributed by atoms with Crippen LogP contribution in [0.25, 0.3) is 5.69 Å². The van der Waals surface area contributed by atoms with E-state index in [1.165, 1.54) is 5.56 Å². The summed E-state index contributed by atoms with van der Waals surface area (Å²) in [5.74, 6) is -0.193. The van der Waals surface area contributed by atoms with E-state index in [0.717, 1.165) is 23.5 Å². The molecule has 0 bridgehead atoms. The van der Waals surface area contributed by atoms with Gasteiger partial charge in [-0.1, -0.05) is 49.7 Å². The summed E-state index contributed by atoms with van der Waals surface area (Å²) >= 11 is 5.96. The second kappa shape index (κ2) is 7.70. The summed E-state index contributed by atoms with van der Waals surface area (Å²) in [6, 6.07) is 15.1. The molecule has 0 unspecified atom stereocenters. The van der Waals surface area contributed by atoms with E-state index in [-0.39, 0.29) is 11.8 Å². The van der Waals surface area contributed by atoms with Gasteiger partial charge in [-0.05, 0) is 54.3 Å². The smallest absolute Gasteiger partial charge is 0.278 e. The molecule has 0 aliphatic rings. The van der Waals surface area contributed by atoms with Crippen molar-refractivity contribution in [1.82, 2.24) is 15.0 Å². The van der Waals surface area contributed by atoms with Crippen LogP contribution in [0.15, 0.2) is 48.5 Å². The highest BCUT2D eigenvalue weighted by molar-refractivity contribution is 6.30. The molecule has 0 spiro atoms. The molecule has 3 rings (SSSR count). The Labute approximate surface area is 158 Å². The number of halogens is 1. The van der Waals surface area contributed by atoms with Gasteiger partial charge in [0, 0.05) is 10.7 Å². The average Bonchev–Trinajstić information content (AvgIpc) is 3.08. The van der Waals surface area contributed by atoms with Gasteiger partial charge < -0.3 is 5.32 Å². The SMILES string of the molecule is CCc1ccc(NC(=O)c2nnn(-c3ccc(Cl)cc3)c2C(C)C)cc1. The predicted molar refractivity (Wildman–Crippen MR) is 104 cm³/mol.